The van der Waals surface area contributed by atoms with Gasteiger partial charge in [-0.1, -0.05) is 33.1 Å². The highest BCUT2D eigenvalue weighted by Crippen LogP contribution is 2.39. The Morgan fingerprint density at radius 3 is 2.36 bits per heavy atom. The van der Waals surface area contributed by atoms with Gasteiger partial charge in [-0.2, -0.15) is 0 Å². The van der Waals surface area contributed by atoms with E-state index < -0.39 is 0 Å². The molecule has 0 heterocycles. The minimum atomic E-state index is 0.699. The van der Waals surface area contributed by atoms with Gasteiger partial charge in [-0.15, -0.1) is 0 Å². The van der Waals surface area contributed by atoms with Crippen molar-refractivity contribution >= 4 is 0 Å². The van der Waals surface area contributed by atoms with Gasteiger partial charge in [0.25, 0.3) is 0 Å². The molecule has 1 rings (SSSR count). The molecule has 0 atom stereocenters. The topological polar surface area (TPSA) is 0 Å². The molecule has 0 bridgehead atoms. The van der Waals surface area contributed by atoms with Crippen LogP contribution >= 0.6 is 0 Å². The second-order valence-corrected chi connectivity index (χ2v) is 4.32. The van der Waals surface area contributed by atoms with Gasteiger partial charge in [-0.25, -0.2) is 0 Å². The van der Waals surface area contributed by atoms with E-state index >= 15 is 0 Å². The third-order valence-corrected chi connectivity index (χ3v) is 3.10. The summed E-state index contributed by atoms with van der Waals surface area (Å²) in [6, 6.07) is 0. The highest BCUT2D eigenvalue weighted by molar-refractivity contribution is 4.79. The minimum Gasteiger partial charge on any atom is -0.0623 e. The molecule has 1 fully saturated rings. The number of hydrogen-bond donors (Lipinski definition) is 0. The maximum atomic E-state index is 2.47. The van der Waals surface area contributed by atoms with E-state index in [4.69, 9.17) is 0 Å². The van der Waals surface area contributed by atoms with Crippen LogP contribution in [0.5, 0.6) is 0 Å². The standard InChI is InChI=1S/C11H21/c1-3-4-8-11(2)9-6-5-7-10-11/h3H,4-10H2,1-2H3. The lowest BCUT2D eigenvalue weighted by molar-refractivity contribution is 0.199. The molecule has 0 amide bonds. The van der Waals surface area contributed by atoms with E-state index in [0.717, 1.165) is 0 Å². The Kier molecular flexibility index (Phi) is 3.42. The summed E-state index contributed by atoms with van der Waals surface area (Å²) in [6.45, 7) is 4.64. The molecule has 0 aromatic rings. The smallest absolute Gasteiger partial charge is 0.0326 e. The summed E-state index contributed by atoms with van der Waals surface area (Å²) in [4.78, 5) is 0. The molecular formula is C11H21. The van der Waals surface area contributed by atoms with Crippen LogP contribution in [0.2, 0.25) is 0 Å². The summed E-state index contributed by atoms with van der Waals surface area (Å²) >= 11 is 0. The zero-order chi connectivity index (χ0) is 8.16. The van der Waals surface area contributed by atoms with Crippen LogP contribution in [-0.4, -0.2) is 0 Å². The van der Waals surface area contributed by atoms with Crippen LogP contribution in [0.15, 0.2) is 0 Å². The molecule has 0 nitrogen and oxygen atoms in total. The number of unbranched alkanes of at least 4 members (excludes halogenated alkanes) is 1. The Morgan fingerprint density at radius 2 is 1.82 bits per heavy atom. The Hall–Kier alpha value is 0. The second kappa shape index (κ2) is 4.13. The lowest BCUT2D eigenvalue weighted by Gasteiger charge is -2.33. The van der Waals surface area contributed by atoms with E-state index in [9.17, 15) is 0 Å². The molecule has 0 aromatic carbocycles. The third-order valence-electron chi connectivity index (χ3n) is 3.10. The van der Waals surface area contributed by atoms with Crippen LogP contribution in [-0.2, 0) is 0 Å². The van der Waals surface area contributed by atoms with Gasteiger partial charge in [0.2, 0.25) is 0 Å². The van der Waals surface area contributed by atoms with E-state index in [2.05, 4.69) is 20.3 Å². The lowest BCUT2D eigenvalue weighted by Crippen LogP contribution is -2.19. The SMILES string of the molecule is C[CH]CCC1(C)CCCCC1. The molecule has 1 radical (unpaired) electrons. The zero-order valence-corrected chi connectivity index (χ0v) is 8.03. The average Bonchev–Trinajstić information content (AvgIpc) is 2.03. The first-order chi connectivity index (χ1) is 5.27. The molecule has 0 unspecified atom stereocenters. The Bertz CT molecular complexity index is 98.6. The first-order valence-electron chi connectivity index (χ1n) is 5.05. The molecule has 1 aliphatic rings. The summed E-state index contributed by atoms with van der Waals surface area (Å²) < 4.78 is 0. The van der Waals surface area contributed by atoms with Crippen molar-refractivity contribution in [3.05, 3.63) is 6.42 Å². The molecule has 11 heavy (non-hydrogen) atoms. The van der Waals surface area contributed by atoms with Gasteiger partial charge < -0.3 is 0 Å². The van der Waals surface area contributed by atoms with Gasteiger partial charge >= 0.3 is 0 Å². The molecule has 0 aliphatic heterocycles. The summed E-state index contributed by atoms with van der Waals surface area (Å²) in [5.41, 5.74) is 0.699. The van der Waals surface area contributed by atoms with Crippen molar-refractivity contribution in [1.29, 1.82) is 0 Å². The van der Waals surface area contributed by atoms with Crippen molar-refractivity contribution in [2.45, 2.75) is 58.8 Å². The largest absolute Gasteiger partial charge is 0.0623 e. The number of hydrogen-bond acceptors (Lipinski definition) is 0. The van der Waals surface area contributed by atoms with Gasteiger partial charge in [0.15, 0.2) is 0 Å². The van der Waals surface area contributed by atoms with Gasteiger partial charge in [0.05, 0.1) is 0 Å². The van der Waals surface area contributed by atoms with Crippen LogP contribution in [0, 0.1) is 11.8 Å². The highest BCUT2D eigenvalue weighted by atomic mass is 14.3. The Balaban J connectivity index is 2.25. The predicted molar refractivity (Wildman–Crippen MR) is 50.4 cm³/mol. The summed E-state index contributed by atoms with van der Waals surface area (Å²) in [7, 11) is 0. The molecule has 1 aliphatic carbocycles. The fourth-order valence-corrected chi connectivity index (χ4v) is 2.15. The Labute approximate surface area is 71.4 Å². The second-order valence-electron chi connectivity index (χ2n) is 4.32. The van der Waals surface area contributed by atoms with Crippen molar-refractivity contribution in [2.75, 3.05) is 0 Å². The third kappa shape index (κ3) is 2.84. The van der Waals surface area contributed by atoms with Gasteiger partial charge in [0.1, 0.15) is 0 Å². The van der Waals surface area contributed by atoms with Gasteiger partial charge in [-0.3, -0.25) is 0 Å². The van der Waals surface area contributed by atoms with E-state index in [1.54, 1.807) is 0 Å². The van der Waals surface area contributed by atoms with Crippen molar-refractivity contribution in [2.24, 2.45) is 5.41 Å². The number of rotatable bonds is 3. The monoisotopic (exact) mass is 153 g/mol. The molecule has 0 N–H and O–H groups in total. The van der Waals surface area contributed by atoms with E-state index in [-0.39, 0.29) is 0 Å². The molecular weight excluding hydrogens is 132 g/mol. The molecule has 0 heteroatoms. The molecule has 1 saturated carbocycles. The first kappa shape index (κ1) is 9.09. The van der Waals surface area contributed by atoms with Crippen molar-refractivity contribution < 1.29 is 0 Å². The zero-order valence-electron chi connectivity index (χ0n) is 8.03. The molecule has 0 saturated heterocycles. The molecule has 65 valence electrons. The van der Waals surface area contributed by atoms with Crippen molar-refractivity contribution in [3.8, 4) is 0 Å². The first-order valence-corrected chi connectivity index (χ1v) is 5.05. The fourth-order valence-electron chi connectivity index (χ4n) is 2.15. The van der Waals surface area contributed by atoms with Crippen molar-refractivity contribution in [1.82, 2.24) is 0 Å². The Morgan fingerprint density at radius 1 is 1.18 bits per heavy atom. The van der Waals surface area contributed by atoms with Crippen molar-refractivity contribution in [3.63, 3.8) is 0 Å². The van der Waals surface area contributed by atoms with Gasteiger partial charge in [-0.05, 0) is 37.5 Å². The summed E-state index contributed by atoms with van der Waals surface area (Å²) in [6.07, 6.45) is 12.4. The van der Waals surface area contributed by atoms with E-state index in [1.165, 1.54) is 44.9 Å². The summed E-state index contributed by atoms with van der Waals surface area (Å²) in [5, 5.41) is 0. The molecule has 0 spiro atoms. The average molecular weight is 153 g/mol. The molecule has 0 aromatic heterocycles. The van der Waals surface area contributed by atoms with Crippen LogP contribution in [0.25, 0.3) is 0 Å². The van der Waals surface area contributed by atoms with Crippen LogP contribution in [0.1, 0.15) is 58.8 Å². The van der Waals surface area contributed by atoms with E-state index in [0.29, 0.717) is 5.41 Å². The van der Waals surface area contributed by atoms with Crippen LogP contribution in [0.3, 0.4) is 0 Å². The minimum absolute atomic E-state index is 0.699. The van der Waals surface area contributed by atoms with E-state index in [1.807, 2.05) is 0 Å². The highest BCUT2D eigenvalue weighted by Gasteiger charge is 2.25. The van der Waals surface area contributed by atoms with Crippen LogP contribution in [0.4, 0.5) is 0 Å². The van der Waals surface area contributed by atoms with Gasteiger partial charge in [0, 0.05) is 0 Å². The fraction of sp³-hybridized carbons (Fsp3) is 0.909. The van der Waals surface area contributed by atoms with Crippen LogP contribution < -0.4 is 0 Å². The predicted octanol–water partition coefficient (Wildman–Crippen LogP) is 3.96. The lowest BCUT2D eigenvalue weighted by atomic mass is 9.73. The maximum absolute atomic E-state index is 2.47. The summed E-state index contributed by atoms with van der Waals surface area (Å²) in [5.74, 6) is 0. The maximum Gasteiger partial charge on any atom is -0.0326 e. The quantitative estimate of drug-likeness (QED) is 0.575. The normalized spacial score (nSPS) is 23.5.